The Morgan fingerprint density at radius 3 is 2.65 bits per heavy atom. The summed E-state index contributed by atoms with van der Waals surface area (Å²) < 4.78 is 42.2. The number of hydrogen-bond donors (Lipinski definition) is 2. The molecule has 2 N–H and O–H groups in total. The number of ether oxygens (including phenoxy) is 2. The Labute approximate surface area is 254 Å². The summed E-state index contributed by atoms with van der Waals surface area (Å²) in [5.41, 5.74) is 0.516. The summed E-state index contributed by atoms with van der Waals surface area (Å²) in [5, 5.41) is 16.6. The van der Waals surface area contributed by atoms with Crippen molar-refractivity contribution in [2.45, 2.75) is 13.0 Å². The van der Waals surface area contributed by atoms with Gasteiger partial charge in [0.25, 0.3) is 0 Å². The number of amides is 1. The molecule has 4 aromatic rings. The van der Waals surface area contributed by atoms with Crippen LogP contribution in [-0.4, -0.2) is 116 Å². The standard InChI is InChI=1S/C29H33AsF2N7O4/c1-42-25-14-21-24(15-26(25)43-13-3-6-37-7-9-38(10-8-37)11-12-40)33-19-34-29(21)30-20-16-35-39(17-20)18-27(41)36-23-5-2-4-22(31)28(23)32/h2,4-5,14-17,19,40H,3,6-13,18H2,1H3,(H,36,41). The summed E-state index contributed by atoms with van der Waals surface area (Å²) >= 11 is -0.609. The number of hydrogen-bond acceptors (Lipinski definition) is 9. The van der Waals surface area contributed by atoms with Crippen LogP contribution < -0.4 is 23.6 Å². The fraction of sp³-hybridized carbons (Fsp3) is 0.379. The van der Waals surface area contributed by atoms with Crippen molar-refractivity contribution in [3.8, 4) is 11.5 Å². The van der Waals surface area contributed by atoms with Gasteiger partial charge in [-0.15, -0.1) is 0 Å². The first kappa shape index (κ1) is 30.8. The van der Waals surface area contributed by atoms with E-state index in [0.717, 1.165) is 71.5 Å². The van der Waals surface area contributed by atoms with Gasteiger partial charge in [0.1, 0.15) is 0 Å². The van der Waals surface area contributed by atoms with Gasteiger partial charge in [0, 0.05) is 6.54 Å². The minimum absolute atomic E-state index is 0.157. The number of nitrogens with zero attached hydrogens (tertiary/aromatic N) is 6. The molecule has 2 aromatic carbocycles. The number of nitrogens with one attached hydrogen (secondary N) is 1. The van der Waals surface area contributed by atoms with Crippen LogP contribution in [0.4, 0.5) is 14.5 Å². The first-order chi connectivity index (χ1) is 20.9. The van der Waals surface area contributed by atoms with E-state index in [1.54, 1.807) is 19.5 Å². The number of anilines is 1. The van der Waals surface area contributed by atoms with E-state index in [1.807, 2.05) is 12.1 Å². The molecule has 0 bridgehead atoms. The van der Waals surface area contributed by atoms with Crippen LogP contribution in [-0.2, 0) is 11.3 Å². The van der Waals surface area contributed by atoms with Crippen LogP contribution in [0.25, 0.3) is 10.9 Å². The molecule has 0 atom stereocenters. The van der Waals surface area contributed by atoms with Gasteiger partial charge >= 0.3 is 232 Å². The summed E-state index contributed by atoms with van der Waals surface area (Å²) in [4.78, 5) is 26.0. The number of aliphatic hydroxyl groups is 1. The summed E-state index contributed by atoms with van der Waals surface area (Å²) in [6, 6.07) is 7.37. The second kappa shape index (κ2) is 14.7. The zero-order valence-electron chi connectivity index (χ0n) is 23.7. The SMILES string of the molecule is COc1cc2c([As]c3cnn(CC(=O)Nc4cccc(F)c4F)c3)ncnc2cc1OCCCN1CCN(CCO)CC1. The van der Waals surface area contributed by atoms with Crippen LogP contribution in [0.3, 0.4) is 0 Å². The maximum absolute atomic E-state index is 13.9. The van der Waals surface area contributed by atoms with Gasteiger partial charge in [0.05, 0.1) is 6.61 Å². The Morgan fingerprint density at radius 2 is 1.88 bits per heavy atom. The normalized spacial score (nSPS) is 14.5. The molecular formula is C29H33AsF2N7O4. The molecule has 1 radical (unpaired) electrons. The van der Waals surface area contributed by atoms with Gasteiger partial charge in [-0.05, 0) is 0 Å². The number of β-amino-alcohol motifs (C(OH)–C–C–N with tert-alkyl or cyclic N) is 1. The monoisotopic (exact) mass is 656 g/mol. The third kappa shape index (κ3) is 8.05. The zero-order valence-corrected chi connectivity index (χ0v) is 25.6. The summed E-state index contributed by atoms with van der Waals surface area (Å²) in [7, 11) is 1.60. The van der Waals surface area contributed by atoms with Crippen molar-refractivity contribution in [2.75, 3.05) is 64.9 Å². The topological polar surface area (TPSA) is 118 Å². The molecule has 0 aliphatic carbocycles. The molecule has 43 heavy (non-hydrogen) atoms. The van der Waals surface area contributed by atoms with Crippen LogP contribution in [0, 0.1) is 11.6 Å². The summed E-state index contributed by atoms with van der Waals surface area (Å²) in [6.45, 7) is 6.18. The number of rotatable bonds is 13. The van der Waals surface area contributed by atoms with E-state index in [9.17, 15) is 13.6 Å². The van der Waals surface area contributed by atoms with Gasteiger partial charge in [-0.2, -0.15) is 0 Å². The van der Waals surface area contributed by atoms with E-state index in [-0.39, 0.29) is 18.8 Å². The third-order valence-corrected chi connectivity index (χ3v) is 9.26. The quantitative estimate of drug-likeness (QED) is 0.159. The summed E-state index contributed by atoms with van der Waals surface area (Å²) in [6.07, 6.45) is 5.81. The van der Waals surface area contributed by atoms with Crippen molar-refractivity contribution in [3.63, 3.8) is 0 Å². The number of carbonyl (C=O) groups is 1. The van der Waals surface area contributed by atoms with Crippen molar-refractivity contribution in [1.82, 2.24) is 29.5 Å². The number of benzene rings is 2. The molecule has 0 spiro atoms. The van der Waals surface area contributed by atoms with Crippen LogP contribution in [0.2, 0.25) is 0 Å². The molecule has 11 nitrogen and oxygen atoms in total. The Balaban J connectivity index is 1.18. The van der Waals surface area contributed by atoms with E-state index >= 15 is 0 Å². The molecule has 2 aromatic heterocycles. The summed E-state index contributed by atoms with van der Waals surface area (Å²) in [5.74, 6) is -1.44. The van der Waals surface area contributed by atoms with E-state index in [1.165, 1.54) is 23.1 Å². The predicted molar refractivity (Wildman–Crippen MR) is 158 cm³/mol. The molecule has 1 saturated heterocycles. The number of carbonyl (C=O) groups excluding carboxylic acids is 1. The van der Waals surface area contributed by atoms with Crippen molar-refractivity contribution < 1.29 is 28.2 Å². The van der Waals surface area contributed by atoms with Crippen molar-refractivity contribution >= 4 is 47.1 Å². The van der Waals surface area contributed by atoms with Crippen LogP contribution in [0.5, 0.6) is 11.5 Å². The minimum atomic E-state index is -1.11. The Morgan fingerprint density at radius 1 is 1.09 bits per heavy atom. The number of aliphatic hydroxyl groups excluding tert-OH is 1. The second-order valence-electron chi connectivity index (χ2n) is 9.98. The van der Waals surface area contributed by atoms with E-state index in [2.05, 4.69) is 30.2 Å². The van der Waals surface area contributed by atoms with Gasteiger partial charge < -0.3 is 5.11 Å². The number of piperazine rings is 1. The molecule has 1 fully saturated rings. The molecule has 1 aliphatic rings. The van der Waals surface area contributed by atoms with Crippen LogP contribution >= 0.6 is 0 Å². The Kier molecular flexibility index (Phi) is 10.5. The van der Waals surface area contributed by atoms with Crippen LogP contribution in [0.15, 0.2) is 49.1 Å². The van der Waals surface area contributed by atoms with Gasteiger partial charge in [0.2, 0.25) is 0 Å². The number of methoxy groups -OCH3 is 1. The average molecular weight is 657 g/mol. The fourth-order valence-electron chi connectivity index (χ4n) is 4.82. The van der Waals surface area contributed by atoms with E-state index < -0.39 is 33.3 Å². The first-order valence-electron chi connectivity index (χ1n) is 13.9. The van der Waals surface area contributed by atoms with Gasteiger partial charge in [-0.1, -0.05) is 0 Å². The predicted octanol–water partition coefficient (Wildman–Crippen LogP) is 0.786. The van der Waals surface area contributed by atoms with Crippen molar-refractivity contribution in [3.05, 3.63) is 60.7 Å². The van der Waals surface area contributed by atoms with Crippen molar-refractivity contribution in [2.24, 2.45) is 0 Å². The second-order valence-corrected chi connectivity index (χ2v) is 12.4. The third-order valence-electron chi connectivity index (χ3n) is 7.04. The molecular weight excluding hydrogens is 623 g/mol. The van der Waals surface area contributed by atoms with Gasteiger partial charge in [-0.3, -0.25) is 4.90 Å². The molecule has 3 heterocycles. The number of aromatic nitrogens is 4. The maximum atomic E-state index is 13.9. The Bertz CT molecular complexity index is 1550. The van der Waals surface area contributed by atoms with E-state index in [0.29, 0.717) is 18.1 Å². The molecule has 0 unspecified atom stereocenters. The van der Waals surface area contributed by atoms with E-state index in [4.69, 9.17) is 14.6 Å². The zero-order chi connectivity index (χ0) is 30.2. The van der Waals surface area contributed by atoms with Crippen LogP contribution in [0.1, 0.15) is 6.42 Å². The number of fused-ring (bicyclic) bond motifs is 1. The molecule has 0 saturated carbocycles. The molecule has 1 amide bonds. The molecule has 5 rings (SSSR count). The van der Waals surface area contributed by atoms with Gasteiger partial charge in [0.15, 0.2) is 0 Å². The first-order valence-corrected chi connectivity index (χ1v) is 15.8. The fourth-order valence-corrected chi connectivity index (χ4v) is 6.82. The molecule has 14 heteroatoms. The molecule has 1 aliphatic heterocycles. The van der Waals surface area contributed by atoms with Crippen molar-refractivity contribution in [1.29, 1.82) is 0 Å². The molecule has 227 valence electrons. The average Bonchev–Trinajstić information content (AvgIpc) is 3.44. The van der Waals surface area contributed by atoms with Gasteiger partial charge in [-0.25, -0.2) is 0 Å². The Hall–Kier alpha value is -3.64. The number of halogens is 2.